The summed E-state index contributed by atoms with van der Waals surface area (Å²) in [7, 11) is 0. The molecule has 0 bridgehead atoms. The average molecular weight is 505 g/mol. The van der Waals surface area contributed by atoms with Crippen molar-refractivity contribution in [3.8, 4) is 6.07 Å². The molecule has 194 valence electrons. The second kappa shape index (κ2) is 10.7. The van der Waals surface area contributed by atoms with Crippen LogP contribution in [-0.4, -0.2) is 34.8 Å². The molecule has 0 amide bonds. The van der Waals surface area contributed by atoms with Gasteiger partial charge in [-0.2, -0.15) is 5.26 Å². The van der Waals surface area contributed by atoms with Crippen LogP contribution in [0.4, 0.5) is 13.2 Å². The fourth-order valence-corrected chi connectivity index (χ4v) is 5.05. The Morgan fingerprint density at radius 2 is 2.06 bits per heavy atom. The SMILES string of the molecule is CC(C)(C#N)c1ccc(CCC2(C3CCCC3)CC(O)=C(CC(N)=NC(=N)C(F)F)C(=O)O2)cc1F. The Morgan fingerprint density at radius 3 is 2.61 bits per heavy atom. The van der Waals surface area contributed by atoms with Gasteiger partial charge in [-0.25, -0.2) is 23.0 Å². The van der Waals surface area contributed by atoms with Gasteiger partial charge in [-0.3, -0.25) is 5.41 Å². The number of aliphatic hydroxyl groups excluding tert-OH is 1. The molecule has 36 heavy (non-hydrogen) atoms. The lowest BCUT2D eigenvalue weighted by atomic mass is 9.76. The predicted octanol–water partition coefficient (Wildman–Crippen LogP) is 5.24. The average Bonchev–Trinajstić information content (AvgIpc) is 3.36. The smallest absolute Gasteiger partial charge is 0.338 e. The van der Waals surface area contributed by atoms with Crippen molar-refractivity contribution in [1.29, 1.82) is 10.7 Å². The number of hydrogen-bond donors (Lipinski definition) is 3. The predicted molar refractivity (Wildman–Crippen MR) is 128 cm³/mol. The van der Waals surface area contributed by atoms with Crippen molar-refractivity contribution < 1.29 is 27.8 Å². The van der Waals surface area contributed by atoms with Gasteiger partial charge in [0.1, 0.15) is 23.0 Å². The molecule has 0 radical (unpaired) electrons. The molecule has 0 spiro atoms. The first-order valence-corrected chi connectivity index (χ1v) is 11.9. The number of carbonyl (C=O) groups is 1. The van der Waals surface area contributed by atoms with E-state index < -0.39 is 47.3 Å². The van der Waals surface area contributed by atoms with Crippen LogP contribution >= 0.6 is 0 Å². The van der Waals surface area contributed by atoms with Crippen LogP contribution in [0.1, 0.15) is 69.9 Å². The lowest BCUT2D eigenvalue weighted by Gasteiger charge is -2.42. The Hall–Kier alpha value is -3.35. The molecule has 1 aliphatic heterocycles. The molecule has 1 fully saturated rings. The van der Waals surface area contributed by atoms with Gasteiger partial charge in [-0.05, 0) is 57.1 Å². The lowest BCUT2D eigenvalue weighted by Crippen LogP contribution is -2.46. The minimum Gasteiger partial charge on any atom is -0.512 e. The molecule has 7 nitrogen and oxygen atoms in total. The molecule has 3 rings (SSSR count). The van der Waals surface area contributed by atoms with Gasteiger partial charge in [0, 0.05) is 18.4 Å². The number of cyclic esters (lactones) is 1. The highest BCUT2D eigenvalue weighted by Gasteiger charge is 2.48. The van der Waals surface area contributed by atoms with Crippen LogP contribution in [0.5, 0.6) is 0 Å². The largest absolute Gasteiger partial charge is 0.512 e. The Labute approximate surface area is 208 Å². The first kappa shape index (κ1) is 27.2. The number of nitriles is 1. The summed E-state index contributed by atoms with van der Waals surface area (Å²) in [5.74, 6) is -3.15. The minimum atomic E-state index is -3.11. The first-order valence-electron chi connectivity index (χ1n) is 11.9. The lowest BCUT2D eigenvalue weighted by molar-refractivity contribution is -0.167. The van der Waals surface area contributed by atoms with Crippen molar-refractivity contribution in [2.45, 2.75) is 82.7 Å². The van der Waals surface area contributed by atoms with Gasteiger partial charge in [-0.1, -0.05) is 25.0 Å². The fourth-order valence-electron chi connectivity index (χ4n) is 5.05. The number of ether oxygens (including phenoxy) is 1. The van der Waals surface area contributed by atoms with E-state index in [1.165, 1.54) is 6.07 Å². The standard InChI is InChI=1S/C26H31F3N4O3/c1-25(2,14-30)18-8-7-15(11-19(18)27)9-10-26(16-5-3-4-6-16)13-20(34)17(24(35)36-26)12-21(31)33-23(32)22(28)29/h7-8,11,16,22,34H,3-6,9-10,12-13H2,1-2H3,(H3,31,32,33). The summed E-state index contributed by atoms with van der Waals surface area (Å²) in [5.41, 5.74) is 4.46. The van der Waals surface area contributed by atoms with Crippen LogP contribution in [0.2, 0.25) is 0 Å². The third-order valence-corrected chi connectivity index (χ3v) is 7.11. The molecule has 1 saturated carbocycles. The minimum absolute atomic E-state index is 0.00446. The topological polar surface area (TPSA) is 133 Å². The van der Waals surface area contributed by atoms with Gasteiger partial charge >= 0.3 is 5.97 Å². The molecule has 0 aromatic heterocycles. The number of nitrogens with zero attached hydrogens (tertiary/aromatic N) is 2. The summed E-state index contributed by atoms with van der Waals surface area (Å²) in [6.07, 6.45) is 0.786. The molecular weight excluding hydrogens is 473 g/mol. The monoisotopic (exact) mass is 504 g/mol. The molecule has 1 heterocycles. The van der Waals surface area contributed by atoms with Gasteiger partial charge in [-0.15, -0.1) is 0 Å². The maximum absolute atomic E-state index is 14.8. The van der Waals surface area contributed by atoms with E-state index in [0.717, 1.165) is 25.7 Å². The Morgan fingerprint density at radius 1 is 1.39 bits per heavy atom. The van der Waals surface area contributed by atoms with E-state index >= 15 is 0 Å². The van der Waals surface area contributed by atoms with Crippen LogP contribution in [0.25, 0.3) is 0 Å². The highest BCUT2D eigenvalue weighted by atomic mass is 19.3. The van der Waals surface area contributed by atoms with Gasteiger partial charge < -0.3 is 15.6 Å². The number of halogens is 3. The van der Waals surface area contributed by atoms with Crippen molar-refractivity contribution in [3.63, 3.8) is 0 Å². The first-order chi connectivity index (χ1) is 16.9. The zero-order valence-electron chi connectivity index (χ0n) is 20.4. The quantitative estimate of drug-likeness (QED) is 0.253. The molecule has 2 aliphatic rings. The number of nitrogens with one attached hydrogen (secondary N) is 1. The fraction of sp³-hybridized carbons (Fsp3) is 0.538. The number of alkyl halides is 2. The number of aliphatic imine (C=N–C) groups is 1. The highest BCUT2D eigenvalue weighted by molar-refractivity contribution is 6.02. The molecule has 1 aliphatic carbocycles. The second-order valence-electron chi connectivity index (χ2n) is 10.1. The van der Waals surface area contributed by atoms with Gasteiger partial charge in [0.25, 0.3) is 6.43 Å². The molecule has 0 saturated heterocycles. The Balaban J connectivity index is 1.83. The number of aryl methyl sites for hydroxylation is 1. The number of hydrogen-bond acceptors (Lipinski definition) is 5. The van der Waals surface area contributed by atoms with E-state index in [2.05, 4.69) is 11.1 Å². The summed E-state index contributed by atoms with van der Waals surface area (Å²) in [5, 5.41) is 27.2. The molecule has 1 atom stereocenters. The van der Waals surface area contributed by atoms with E-state index in [0.29, 0.717) is 24.0 Å². The number of nitrogens with two attached hydrogens (primary N) is 1. The van der Waals surface area contributed by atoms with Crippen LogP contribution < -0.4 is 5.73 Å². The van der Waals surface area contributed by atoms with Crippen molar-refractivity contribution >= 4 is 17.6 Å². The van der Waals surface area contributed by atoms with Crippen molar-refractivity contribution in [1.82, 2.24) is 0 Å². The van der Waals surface area contributed by atoms with Crippen molar-refractivity contribution in [2.75, 3.05) is 0 Å². The van der Waals surface area contributed by atoms with Gasteiger partial charge in [0.15, 0.2) is 5.84 Å². The number of amidine groups is 2. The maximum Gasteiger partial charge on any atom is 0.338 e. The maximum atomic E-state index is 14.8. The van der Waals surface area contributed by atoms with Gasteiger partial charge in [0.2, 0.25) is 0 Å². The number of rotatable bonds is 8. The van der Waals surface area contributed by atoms with E-state index in [9.17, 15) is 28.3 Å². The number of carbonyl (C=O) groups excluding carboxylic acids is 1. The normalized spacial score (nSPS) is 21.6. The second-order valence-corrected chi connectivity index (χ2v) is 10.1. The summed E-state index contributed by atoms with van der Waals surface area (Å²) in [6.45, 7) is 3.28. The van der Waals surface area contributed by atoms with E-state index in [4.69, 9.17) is 15.9 Å². The van der Waals surface area contributed by atoms with Crippen LogP contribution in [0, 0.1) is 28.5 Å². The molecule has 1 aromatic rings. The van der Waals surface area contributed by atoms with Crippen molar-refractivity contribution in [3.05, 3.63) is 46.5 Å². The summed E-state index contributed by atoms with van der Waals surface area (Å²) in [4.78, 5) is 16.2. The zero-order valence-corrected chi connectivity index (χ0v) is 20.4. The zero-order chi connectivity index (χ0) is 26.7. The summed E-state index contributed by atoms with van der Waals surface area (Å²) >= 11 is 0. The number of esters is 1. The number of aliphatic hydroxyl groups is 1. The molecule has 1 unspecified atom stereocenters. The number of benzene rings is 1. The van der Waals surface area contributed by atoms with Crippen LogP contribution in [0.15, 0.2) is 34.5 Å². The molecule has 4 N–H and O–H groups in total. The highest BCUT2D eigenvalue weighted by Crippen LogP contribution is 2.46. The molecule has 10 heteroatoms. The van der Waals surface area contributed by atoms with Gasteiger partial charge in [0.05, 0.1) is 17.1 Å². The third kappa shape index (κ3) is 5.89. The summed E-state index contributed by atoms with van der Waals surface area (Å²) < 4.78 is 45.8. The van der Waals surface area contributed by atoms with E-state index in [-0.39, 0.29) is 23.7 Å². The molecular formula is C26H31F3N4O3. The third-order valence-electron chi connectivity index (χ3n) is 7.11. The van der Waals surface area contributed by atoms with Crippen molar-refractivity contribution in [2.24, 2.45) is 16.6 Å². The van der Waals surface area contributed by atoms with E-state index in [1.807, 2.05) is 0 Å². The Bertz CT molecular complexity index is 1130. The van der Waals surface area contributed by atoms with Crippen LogP contribution in [0.3, 0.4) is 0 Å². The van der Waals surface area contributed by atoms with E-state index in [1.54, 1.807) is 26.0 Å². The van der Waals surface area contributed by atoms with Crippen LogP contribution in [-0.2, 0) is 21.4 Å². The molecule has 1 aromatic carbocycles. The summed E-state index contributed by atoms with van der Waals surface area (Å²) in [6, 6.07) is 6.82. The Kier molecular flexibility index (Phi) is 8.12.